The zero-order valence-corrected chi connectivity index (χ0v) is 16.7. The van der Waals surface area contributed by atoms with Crippen molar-refractivity contribution in [3.63, 3.8) is 0 Å². The predicted molar refractivity (Wildman–Crippen MR) is 98.0 cm³/mol. The molecule has 0 amide bonds. The molecule has 1 heterocycles. The van der Waals surface area contributed by atoms with Gasteiger partial charge in [-0.1, -0.05) is 25.6 Å². The van der Waals surface area contributed by atoms with E-state index in [1.54, 1.807) is 13.8 Å². The minimum atomic E-state index is -0.717. The van der Waals surface area contributed by atoms with Crippen LogP contribution in [0.1, 0.15) is 27.7 Å². The fraction of sp³-hybridized carbons (Fsp3) is 0.688. The molecule has 0 aromatic heterocycles. The van der Waals surface area contributed by atoms with Crippen LogP contribution >= 0.6 is 23.5 Å². The van der Waals surface area contributed by atoms with Crippen LogP contribution in [0.2, 0.25) is 0 Å². The summed E-state index contributed by atoms with van der Waals surface area (Å²) in [4.78, 5) is 38.1. The number of hydrogen-bond acceptors (Lipinski definition) is 9. The molecule has 1 rings (SSSR count). The number of nitrogens with zero attached hydrogens (tertiary/aromatic N) is 1. The number of carbonyl (C=O) groups excluding carboxylic acids is 3. The molecular weight excluding hydrogens is 366 g/mol. The molecule has 0 saturated carbocycles. The van der Waals surface area contributed by atoms with Gasteiger partial charge < -0.3 is 14.2 Å². The molecule has 1 saturated heterocycles. The third-order valence-corrected chi connectivity index (χ3v) is 6.00. The van der Waals surface area contributed by atoms with Crippen molar-refractivity contribution in [2.24, 2.45) is 0 Å². The van der Waals surface area contributed by atoms with Crippen molar-refractivity contribution >= 4 is 41.4 Å². The number of thioether (sulfide) groups is 2. The Morgan fingerprint density at radius 3 is 2.08 bits per heavy atom. The summed E-state index contributed by atoms with van der Waals surface area (Å²) < 4.78 is 15.8. The van der Waals surface area contributed by atoms with Crippen LogP contribution in [-0.2, 0) is 28.6 Å². The zero-order chi connectivity index (χ0) is 18.8. The van der Waals surface area contributed by atoms with Gasteiger partial charge in [-0.15, -0.1) is 11.8 Å². The van der Waals surface area contributed by atoms with Crippen LogP contribution in [0.15, 0.2) is 9.81 Å². The number of hydrogen-bond donors (Lipinski definition) is 0. The van der Waals surface area contributed by atoms with Crippen molar-refractivity contribution in [1.29, 1.82) is 0 Å². The molecule has 0 N–H and O–H groups in total. The Morgan fingerprint density at radius 2 is 1.60 bits per heavy atom. The SMILES string of the molecule is CCOC(=O)C(C(=O)OCC)=C1SCC(OC(=O)CN(CC)CC)S1. The van der Waals surface area contributed by atoms with E-state index < -0.39 is 17.4 Å². The summed E-state index contributed by atoms with van der Waals surface area (Å²) in [6, 6.07) is 0. The molecule has 0 bridgehead atoms. The van der Waals surface area contributed by atoms with Crippen LogP contribution in [0.4, 0.5) is 0 Å². The molecule has 0 spiro atoms. The van der Waals surface area contributed by atoms with E-state index >= 15 is 0 Å². The van der Waals surface area contributed by atoms with E-state index in [9.17, 15) is 14.4 Å². The van der Waals surface area contributed by atoms with Gasteiger partial charge in [0.05, 0.1) is 24.0 Å². The van der Waals surface area contributed by atoms with Gasteiger partial charge in [0, 0.05) is 5.75 Å². The Labute approximate surface area is 156 Å². The maximum absolute atomic E-state index is 12.1. The highest BCUT2D eigenvalue weighted by atomic mass is 32.2. The molecular formula is C16H25NO6S2. The lowest BCUT2D eigenvalue weighted by Gasteiger charge is -2.18. The maximum atomic E-state index is 12.1. The minimum absolute atomic E-state index is 0.124. The Balaban J connectivity index is 2.77. The topological polar surface area (TPSA) is 82.1 Å². The van der Waals surface area contributed by atoms with Gasteiger partial charge in [0.25, 0.3) is 0 Å². The molecule has 0 aromatic carbocycles. The minimum Gasteiger partial charge on any atom is -0.462 e. The Bertz CT molecular complexity index is 499. The normalized spacial score (nSPS) is 16.7. The van der Waals surface area contributed by atoms with Crippen LogP contribution in [0.5, 0.6) is 0 Å². The number of likely N-dealkylation sites (N-methyl/N-ethyl adjacent to an activating group) is 1. The summed E-state index contributed by atoms with van der Waals surface area (Å²) in [5.41, 5.74) is -0.567. The van der Waals surface area contributed by atoms with Crippen molar-refractivity contribution in [3.05, 3.63) is 9.81 Å². The molecule has 1 fully saturated rings. The molecule has 1 atom stereocenters. The highest BCUT2D eigenvalue weighted by molar-refractivity contribution is 8.25. The predicted octanol–water partition coefficient (Wildman–Crippen LogP) is 2.02. The van der Waals surface area contributed by atoms with E-state index in [0.29, 0.717) is 9.99 Å². The second-order valence-corrected chi connectivity index (χ2v) is 7.37. The fourth-order valence-corrected chi connectivity index (χ4v) is 4.61. The zero-order valence-electron chi connectivity index (χ0n) is 15.0. The van der Waals surface area contributed by atoms with Gasteiger partial charge in [0.1, 0.15) is 0 Å². The van der Waals surface area contributed by atoms with Crippen LogP contribution in [0.3, 0.4) is 0 Å². The van der Waals surface area contributed by atoms with Crippen LogP contribution in [0, 0.1) is 0 Å². The van der Waals surface area contributed by atoms with Crippen molar-refractivity contribution in [2.75, 3.05) is 38.6 Å². The molecule has 0 radical (unpaired) electrons. The molecule has 25 heavy (non-hydrogen) atoms. The Hall–Kier alpha value is -1.19. The van der Waals surface area contributed by atoms with Gasteiger partial charge in [-0.05, 0) is 26.9 Å². The first-order valence-electron chi connectivity index (χ1n) is 8.26. The molecule has 1 aliphatic heterocycles. The lowest BCUT2D eigenvalue weighted by molar-refractivity contribution is -0.147. The third kappa shape index (κ3) is 6.91. The molecule has 1 aliphatic rings. The van der Waals surface area contributed by atoms with E-state index in [1.165, 1.54) is 23.5 Å². The fourth-order valence-electron chi connectivity index (χ4n) is 1.99. The van der Waals surface area contributed by atoms with E-state index in [1.807, 2.05) is 18.7 Å². The van der Waals surface area contributed by atoms with Gasteiger partial charge in [-0.2, -0.15) is 0 Å². The average Bonchev–Trinajstić information content (AvgIpc) is 3.01. The Morgan fingerprint density at radius 1 is 1.04 bits per heavy atom. The Kier molecular flexibility index (Phi) is 9.99. The van der Waals surface area contributed by atoms with Gasteiger partial charge in [0.2, 0.25) is 0 Å². The van der Waals surface area contributed by atoms with Crippen LogP contribution in [0.25, 0.3) is 0 Å². The van der Waals surface area contributed by atoms with Crippen LogP contribution < -0.4 is 0 Å². The maximum Gasteiger partial charge on any atom is 0.347 e. The monoisotopic (exact) mass is 391 g/mol. The first kappa shape index (κ1) is 21.9. The highest BCUT2D eigenvalue weighted by Gasteiger charge is 2.34. The van der Waals surface area contributed by atoms with Gasteiger partial charge in [0.15, 0.2) is 11.0 Å². The molecule has 142 valence electrons. The average molecular weight is 392 g/mol. The van der Waals surface area contributed by atoms with Crippen LogP contribution in [-0.4, -0.2) is 66.8 Å². The summed E-state index contributed by atoms with van der Waals surface area (Å²) in [6.07, 6.45) is 0. The lowest BCUT2D eigenvalue weighted by atomic mass is 10.3. The van der Waals surface area contributed by atoms with Crippen molar-refractivity contribution in [1.82, 2.24) is 4.90 Å². The first-order chi connectivity index (χ1) is 12.0. The van der Waals surface area contributed by atoms with Gasteiger partial charge >= 0.3 is 17.9 Å². The van der Waals surface area contributed by atoms with E-state index in [-0.39, 0.29) is 31.3 Å². The number of carbonyl (C=O) groups is 3. The summed E-state index contributed by atoms with van der Waals surface area (Å²) in [6.45, 7) is 9.34. The van der Waals surface area contributed by atoms with Crippen molar-refractivity contribution in [2.45, 2.75) is 33.1 Å². The standard InChI is InChI=1S/C16H25NO6S2/c1-5-17(6-2)9-11(18)23-12-10-24-16(25-12)13(14(19)21-7-3)15(20)22-8-4/h12H,5-10H2,1-4H3. The summed E-state index contributed by atoms with van der Waals surface area (Å²) in [7, 11) is 0. The molecule has 0 aromatic rings. The van der Waals surface area contributed by atoms with Gasteiger partial charge in [-0.3, -0.25) is 9.69 Å². The first-order valence-corrected chi connectivity index (χ1v) is 10.1. The van der Waals surface area contributed by atoms with E-state index in [4.69, 9.17) is 14.2 Å². The quantitative estimate of drug-likeness (QED) is 0.193. The molecule has 7 nitrogen and oxygen atoms in total. The summed E-state index contributed by atoms with van der Waals surface area (Å²) >= 11 is 2.47. The van der Waals surface area contributed by atoms with Gasteiger partial charge in [-0.25, -0.2) is 9.59 Å². The highest BCUT2D eigenvalue weighted by Crippen LogP contribution is 2.44. The number of ether oxygens (including phenoxy) is 3. The second kappa shape index (κ2) is 11.4. The number of rotatable bonds is 9. The number of esters is 3. The van der Waals surface area contributed by atoms with Crippen molar-refractivity contribution in [3.8, 4) is 0 Å². The third-order valence-electron chi connectivity index (χ3n) is 3.26. The van der Waals surface area contributed by atoms with E-state index in [0.717, 1.165) is 13.1 Å². The summed E-state index contributed by atoms with van der Waals surface area (Å²) in [5.74, 6) is -1.29. The largest absolute Gasteiger partial charge is 0.462 e. The smallest absolute Gasteiger partial charge is 0.347 e. The van der Waals surface area contributed by atoms with E-state index in [2.05, 4.69) is 0 Å². The molecule has 0 aliphatic carbocycles. The molecule has 1 unspecified atom stereocenters. The second-order valence-electron chi connectivity index (χ2n) is 4.91. The lowest BCUT2D eigenvalue weighted by Crippen LogP contribution is -2.32. The molecule has 9 heteroatoms. The van der Waals surface area contributed by atoms with Crippen molar-refractivity contribution < 1.29 is 28.6 Å². The summed E-state index contributed by atoms with van der Waals surface area (Å²) in [5, 5.41) is 0.